The number of hydrogen-bond donors (Lipinski definition) is 2. The third-order valence-corrected chi connectivity index (χ3v) is 2.76. The van der Waals surface area contributed by atoms with Crippen LogP contribution < -0.4 is 10.6 Å². The van der Waals surface area contributed by atoms with Crippen molar-refractivity contribution >= 4 is 17.5 Å². The molecule has 94 valence electrons. The second-order valence-corrected chi connectivity index (χ2v) is 4.44. The van der Waals surface area contributed by atoms with Gasteiger partial charge in [0.05, 0.1) is 6.54 Å². The maximum Gasteiger partial charge on any atom is 0.233 e. The minimum Gasteiger partial charge on any atom is -0.355 e. The molecule has 0 spiro atoms. The minimum atomic E-state index is 0.0349. The Balaban J connectivity index is 2.36. The van der Waals surface area contributed by atoms with E-state index in [1.54, 1.807) is 0 Å². The summed E-state index contributed by atoms with van der Waals surface area (Å²) in [5.41, 5.74) is 1.12. The van der Waals surface area contributed by atoms with Crippen molar-refractivity contribution in [3.05, 3.63) is 34.9 Å². The molecule has 0 heterocycles. The molecule has 0 fully saturated rings. The first kappa shape index (κ1) is 14.0. The second kappa shape index (κ2) is 7.30. The Morgan fingerprint density at radius 3 is 2.59 bits per heavy atom. The van der Waals surface area contributed by atoms with Crippen molar-refractivity contribution in [2.24, 2.45) is 0 Å². The van der Waals surface area contributed by atoms with Crippen molar-refractivity contribution in [1.29, 1.82) is 0 Å². The molecule has 3 nitrogen and oxygen atoms in total. The molecule has 0 unspecified atom stereocenters. The zero-order valence-corrected chi connectivity index (χ0v) is 11.1. The van der Waals surface area contributed by atoms with Gasteiger partial charge in [-0.15, -0.1) is 0 Å². The van der Waals surface area contributed by atoms with Gasteiger partial charge in [0.15, 0.2) is 0 Å². The van der Waals surface area contributed by atoms with Crippen LogP contribution in [0.5, 0.6) is 0 Å². The molecule has 0 saturated heterocycles. The lowest BCUT2D eigenvalue weighted by atomic mass is 10.1. The second-order valence-electron chi connectivity index (χ2n) is 4.00. The summed E-state index contributed by atoms with van der Waals surface area (Å²) in [6, 6.07) is 7.77. The average Bonchev–Trinajstić information content (AvgIpc) is 2.34. The number of rotatable bonds is 6. The van der Waals surface area contributed by atoms with Gasteiger partial charge < -0.3 is 10.6 Å². The van der Waals surface area contributed by atoms with E-state index in [0.717, 1.165) is 23.6 Å². The maximum absolute atomic E-state index is 11.4. The highest BCUT2D eigenvalue weighted by molar-refractivity contribution is 6.30. The topological polar surface area (TPSA) is 41.1 Å². The van der Waals surface area contributed by atoms with Gasteiger partial charge in [-0.1, -0.05) is 30.7 Å². The van der Waals surface area contributed by atoms with Crippen molar-refractivity contribution in [2.45, 2.75) is 26.3 Å². The first-order valence-corrected chi connectivity index (χ1v) is 6.26. The number of benzene rings is 1. The molecular formula is C13H19ClN2O. The van der Waals surface area contributed by atoms with E-state index in [-0.39, 0.29) is 11.9 Å². The van der Waals surface area contributed by atoms with Crippen LogP contribution in [0.15, 0.2) is 24.3 Å². The van der Waals surface area contributed by atoms with Crippen LogP contribution in [0.3, 0.4) is 0 Å². The van der Waals surface area contributed by atoms with Crippen LogP contribution in [0.1, 0.15) is 31.9 Å². The summed E-state index contributed by atoms with van der Waals surface area (Å²) in [6.07, 6.45) is 0.957. The van der Waals surface area contributed by atoms with Crippen LogP contribution in [0.4, 0.5) is 0 Å². The lowest BCUT2D eigenvalue weighted by Crippen LogP contribution is -2.35. The van der Waals surface area contributed by atoms with Crippen molar-refractivity contribution in [1.82, 2.24) is 10.6 Å². The molecule has 0 bridgehead atoms. The van der Waals surface area contributed by atoms with E-state index in [1.807, 2.05) is 38.1 Å². The molecule has 1 rings (SSSR count). The van der Waals surface area contributed by atoms with E-state index in [1.165, 1.54) is 0 Å². The van der Waals surface area contributed by atoms with Gasteiger partial charge in [0.25, 0.3) is 0 Å². The fourth-order valence-electron chi connectivity index (χ4n) is 1.44. The molecule has 2 N–H and O–H groups in total. The van der Waals surface area contributed by atoms with Gasteiger partial charge in [-0.2, -0.15) is 0 Å². The molecular weight excluding hydrogens is 236 g/mol. The summed E-state index contributed by atoms with van der Waals surface area (Å²) < 4.78 is 0. The molecule has 1 aromatic carbocycles. The number of hydrogen-bond acceptors (Lipinski definition) is 2. The van der Waals surface area contributed by atoms with Crippen LogP contribution in [0.25, 0.3) is 0 Å². The summed E-state index contributed by atoms with van der Waals surface area (Å²) in [5, 5.41) is 6.72. The number of carbonyl (C=O) groups excluding carboxylic acids is 1. The summed E-state index contributed by atoms with van der Waals surface area (Å²) >= 11 is 5.82. The summed E-state index contributed by atoms with van der Waals surface area (Å²) in [7, 11) is 0. The monoisotopic (exact) mass is 254 g/mol. The Labute approximate surface area is 108 Å². The lowest BCUT2D eigenvalue weighted by Gasteiger charge is -2.14. The highest BCUT2D eigenvalue weighted by atomic mass is 35.5. The third-order valence-electron chi connectivity index (χ3n) is 2.51. The molecule has 0 radical (unpaired) electrons. The van der Waals surface area contributed by atoms with E-state index in [9.17, 15) is 4.79 Å². The molecule has 0 aliphatic heterocycles. The standard InChI is InChI=1S/C13H19ClN2O/c1-3-8-15-13(17)9-16-10(2)11-4-6-12(14)7-5-11/h4-7,10,16H,3,8-9H2,1-2H3,(H,15,17)/t10-/m1/s1. The van der Waals surface area contributed by atoms with Gasteiger partial charge >= 0.3 is 0 Å². The molecule has 0 aromatic heterocycles. The Morgan fingerprint density at radius 2 is 2.00 bits per heavy atom. The quantitative estimate of drug-likeness (QED) is 0.819. The van der Waals surface area contributed by atoms with Crippen molar-refractivity contribution in [3.63, 3.8) is 0 Å². The smallest absolute Gasteiger partial charge is 0.233 e. The van der Waals surface area contributed by atoms with Crippen molar-refractivity contribution < 1.29 is 4.79 Å². The fourth-order valence-corrected chi connectivity index (χ4v) is 1.57. The average molecular weight is 255 g/mol. The molecule has 1 aromatic rings. The molecule has 0 aliphatic rings. The third kappa shape index (κ3) is 5.20. The van der Waals surface area contributed by atoms with Gasteiger partial charge in [-0.25, -0.2) is 0 Å². The number of halogens is 1. The normalized spacial score (nSPS) is 12.2. The number of carbonyl (C=O) groups is 1. The summed E-state index contributed by atoms with van der Waals surface area (Å²) in [5.74, 6) is 0.0349. The number of amides is 1. The van der Waals surface area contributed by atoms with E-state index in [2.05, 4.69) is 10.6 Å². The zero-order chi connectivity index (χ0) is 12.7. The van der Waals surface area contributed by atoms with E-state index in [4.69, 9.17) is 11.6 Å². The molecule has 17 heavy (non-hydrogen) atoms. The maximum atomic E-state index is 11.4. The van der Waals surface area contributed by atoms with E-state index in [0.29, 0.717) is 6.54 Å². The van der Waals surface area contributed by atoms with Crippen LogP contribution in [-0.2, 0) is 4.79 Å². The van der Waals surface area contributed by atoms with Gasteiger partial charge in [-0.05, 0) is 31.0 Å². The lowest BCUT2D eigenvalue weighted by molar-refractivity contribution is -0.120. The minimum absolute atomic E-state index is 0.0349. The van der Waals surface area contributed by atoms with Gasteiger partial charge in [-0.3, -0.25) is 4.79 Å². The summed E-state index contributed by atoms with van der Waals surface area (Å²) in [4.78, 5) is 11.4. The summed E-state index contributed by atoms with van der Waals surface area (Å²) in [6.45, 7) is 5.13. The zero-order valence-electron chi connectivity index (χ0n) is 10.3. The Bertz CT molecular complexity index is 351. The molecule has 4 heteroatoms. The fraction of sp³-hybridized carbons (Fsp3) is 0.462. The molecule has 1 atom stereocenters. The van der Waals surface area contributed by atoms with Crippen molar-refractivity contribution in [3.8, 4) is 0 Å². The number of nitrogens with one attached hydrogen (secondary N) is 2. The SMILES string of the molecule is CCCNC(=O)CN[C@H](C)c1ccc(Cl)cc1. The highest BCUT2D eigenvalue weighted by Gasteiger charge is 2.06. The van der Waals surface area contributed by atoms with Crippen LogP contribution in [0, 0.1) is 0 Å². The van der Waals surface area contributed by atoms with Gasteiger partial charge in [0.1, 0.15) is 0 Å². The predicted octanol–water partition coefficient (Wildman–Crippen LogP) is 2.52. The van der Waals surface area contributed by atoms with Crippen LogP contribution in [0.2, 0.25) is 5.02 Å². The first-order chi connectivity index (χ1) is 8.13. The highest BCUT2D eigenvalue weighted by Crippen LogP contribution is 2.15. The van der Waals surface area contributed by atoms with E-state index < -0.39 is 0 Å². The first-order valence-electron chi connectivity index (χ1n) is 5.89. The molecule has 1 amide bonds. The van der Waals surface area contributed by atoms with Gasteiger partial charge in [0.2, 0.25) is 5.91 Å². The Kier molecular flexibility index (Phi) is 6.01. The Hall–Kier alpha value is -1.06. The van der Waals surface area contributed by atoms with E-state index >= 15 is 0 Å². The van der Waals surface area contributed by atoms with Crippen LogP contribution >= 0.6 is 11.6 Å². The molecule has 0 saturated carbocycles. The largest absolute Gasteiger partial charge is 0.355 e. The molecule has 0 aliphatic carbocycles. The predicted molar refractivity (Wildman–Crippen MR) is 71.2 cm³/mol. The van der Waals surface area contributed by atoms with Crippen molar-refractivity contribution in [2.75, 3.05) is 13.1 Å². The van der Waals surface area contributed by atoms with Crippen LogP contribution in [-0.4, -0.2) is 19.0 Å². The van der Waals surface area contributed by atoms with Gasteiger partial charge in [0, 0.05) is 17.6 Å². The Morgan fingerprint density at radius 1 is 1.35 bits per heavy atom.